The standard InChI is InChI=1S/C11H9IN2O3S/c12-9-3-1-2-4-10(9)17-11-6-5-8(7-14-11)18(13,15)16/h1-7H,(H2,13,15,16). The summed E-state index contributed by atoms with van der Waals surface area (Å²) < 4.78 is 28.6. The molecule has 0 aliphatic heterocycles. The number of pyridine rings is 1. The molecule has 0 saturated carbocycles. The van der Waals surface area contributed by atoms with Crippen molar-refractivity contribution in [1.29, 1.82) is 0 Å². The number of ether oxygens (including phenoxy) is 1. The van der Waals surface area contributed by atoms with Gasteiger partial charge < -0.3 is 4.74 Å². The number of hydrogen-bond donors (Lipinski definition) is 1. The van der Waals surface area contributed by atoms with Gasteiger partial charge in [0.05, 0.1) is 9.77 Å². The number of rotatable bonds is 3. The number of sulfonamides is 1. The fourth-order valence-corrected chi connectivity index (χ4v) is 2.19. The monoisotopic (exact) mass is 376 g/mol. The zero-order valence-corrected chi connectivity index (χ0v) is 12.1. The molecule has 0 unspecified atom stereocenters. The van der Waals surface area contributed by atoms with Crippen LogP contribution >= 0.6 is 22.6 Å². The van der Waals surface area contributed by atoms with Crippen LogP contribution in [0.1, 0.15) is 0 Å². The molecule has 2 rings (SSSR count). The van der Waals surface area contributed by atoms with Gasteiger partial charge in [0.2, 0.25) is 15.9 Å². The highest BCUT2D eigenvalue weighted by atomic mass is 127. The molecule has 0 spiro atoms. The number of para-hydroxylation sites is 1. The predicted octanol–water partition coefficient (Wildman–Crippen LogP) is 2.13. The predicted molar refractivity (Wildman–Crippen MR) is 74.8 cm³/mol. The minimum atomic E-state index is -3.72. The van der Waals surface area contributed by atoms with Crippen LogP contribution in [0.4, 0.5) is 0 Å². The van der Waals surface area contributed by atoms with E-state index in [9.17, 15) is 8.42 Å². The van der Waals surface area contributed by atoms with Crippen LogP contribution in [0.2, 0.25) is 0 Å². The van der Waals surface area contributed by atoms with Crippen LogP contribution in [0.5, 0.6) is 11.6 Å². The molecular weight excluding hydrogens is 367 g/mol. The van der Waals surface area contributed by atoms with Gasteiger partial charge in [-0.3, -0.25) is 0 Å². The molecule has 0 bridgehead atoms. The first-order valence-corrected chi connectivity index (χ1v) is 7.50. The number of aromatic nitrogens is 1. The summed E-state index contributed by atoms with van der Waals surface area (Å²) in [6, 6.07) is 10.3. The van der Waals surface area contributed by atoms with Crippen LogP contribution in [0.15, 0.2) is 47.5 Å². The Labute approximate surface area is 118 Å². The van der Waals surface area contributed by atoms with Gasteiger partial charge in [-0.25, -0.2) is 18.5 Å². The first kappa shape index (κ1) is 13.2. The van der Waals surface area contributed by atoms with Gasteiger partial charge in [0.1, 0.15) is 10.6 Å². The summed E-state index contributed by atoms with van der Waals surface area (Å²) in [5.41, 5.74) is 0. The summed E-state index contributed by atoms with van der Waals surface area (Å²) >= 11 is 2.14. The van der Waals surface area contributed by atoms with E-state index in [2.05, 4.69) is 27.6 Å². The van der Waals surface area contributed by atoms with E-state index in [0.717, 1.165) is 3.57 Å². The Balaban J connectivity index is 2.24. The lowest BCUT2D eigenvalue weighted by molar-refractivity contribution is 0.459. The second-order valence-electron chi connectivity index (χ2n) is 3.41. The highest BCUT2D eigenvalue weighted by Gasteiger charge is 2.09. The van der Waals surface area contributed by atoms with Crippen molar-refractivity contribution in [2.24, 2.45) is 5.14 Å². The fourth-order valence-electron chi connectivity index (χ4n) is 1.24. The molecule has 0 fully saturated rings. The molecule has 0 aliphatic rings. The molecule has 1 aromatic carbocycles. The normalized spacial score (nSPS) is 11.2. The Hall–Kier alpha value is -1.19. The van der Waals surface area contributed by atoms with Crippen molar-refractivity contribution in [1.82, 2.24) is 4.98 Å². The number of hydrogen-bond acceptors (Lipinski definition) is 4. The Morgan fingerprint density at radius 1 is 1.17 bits per heavy atom. The van der Waals surface area contributed by atoms with Gasteiger partial charge in [-0.1, -0.05) is 12.1 Å². The SMILES string of the molecule is NS(=O)(=O)c1ccc(Oc2ccccc2I)nc1. The van der Waals surface area contributed by atoms with E-state index in [-0.39, 0.29) is 4.90 Å². The zero-order chi connectivity index (χ0) is 13.2. The first-order chi connectivity index (χ1) is 8.47. The van der Waals surface area contributed by atoms with Gasteiger partial charge in [0, 0.05) is 6.07 Å². The van der Waals surface area contributed by atoms with Gasteiger partial charge >= 0.3 is 0 Å². The third-order valence-corrected chi connectivity index (χ3v) is 3.88. The largest absolute Gasteiger partial charge is 0.438 e. The third kappa shape index (κ3) is 3.18. The molecular formula is C11H9IN2O3S. The molecule has 1 aromatic heterocycles. The van der Waals surface area contributed by atoms with E-state index in [1.165, 1.54) is 18.3 Å². The minimum Gasteiger partial charge on any atom is -0.438 e. The van der Waals surface area contributed by atoms with Crippen LogP contribution in [0.25, 0.3) is 0 Å². The van der Waals surface area contributed by atoms with E-state index < -0.39 is 10.0 Å². The lowest BCUT2D eigenvalue weighted by Crippen LogP contribution is -2.12. The number of nitrogens with zero attached hydrogens (tertiary/aromatic N) is 1. The second kappa shape index (κ2) is 5.21. The summed E-state index contributed by atoms with van der Waals surface area (Å²) in [5, 5.41) is 4.97. The van der Waals surface area contributed by atoms with Crippen molar-refractivity contribution in [2.75, 3.05) is 0 Å². The Morgan fingerprint density at radius 2 is 1.89 bits per heavy atom. The van der Waals surface area contributed by atoms with E-state index in [1.54, 1.807) is 6.07 Å². The summed E-state index contributed by atoms with van der Waals surface area (Å²) in [6.45, 7) is 0. The molecule has 0 radical (unpaired) electrons. The molecule has 5 nitrogen and oxygen atoms in total. The molecule has 18 heavy (non-hydrogen) atoms. The number of halogens is 1. The van der Waals surface area contributed by atoms with Gasteiger partial charge in [-0.05, 0) is 40.8 Å². The van der Waals surface area contributed by atoms with Gasteiger partial charge in [-0.15, -0.1) is 0 Å². The molecule has 0 atom stereocenters. The maximum absolute atomic E-state index is 11.1. The fraction of sp³-hybridized carbons (Fsp3) is 0. The summed E-state index contributed by atoms with van der Waals surface area (Å²) in [5.74, 6) is 0.973. The van der Waals surface area contributed by atoms with Gasteiger partial charge in [0.15, 0.2) is 0 Å². The van der Waals surface area contributed by atoms with Crippen molar-refractivity contribution in [3.8, 4) is 11.6 Å². The second-order valence-corrected chi connectivity index (χ2v) is 6.13. The van der Waals surface area contributed by atoms with Crippen LogP contribution in [-0.4, -0.2) is 13.4 Å². The smallest absolute Gasteiger partial charge is 0.239 e. The highest BCUT2D eigenvalue weighted by Crippen LogP contribution is 2.25. The topological polar surface area (TPSA) is 82.3 Å². The molecule has 0 saturated heterocycles. The van der Waals surface area contributed by atoms with Gasteiger partial charge in [-0.2, -0.15) is 0 Å². The van der Waals surface area contributed by atoms with Crippen LogP contribution in [0, 0.1) is 3.57 Å². The number of benzene rings is 1. The Bertz CT molecular complexity index is 656. The molecule has 7 heteroatoms. The van der Waals surface area contributed by atoms with Crippen molar-refractivity contribution in [3.63, 3.8) is 0 Å². The Morgan fingerprint density at radius 3 is 2.44 bits per heavy atom. The van der Waals surface area contributed by atoms with Crippen molar-refractivity contribution in [3.05, 3.63) is 46.2 Å². The minimum absolute atomic E-state index is 0.0439. The van der Waals surface area contributed by atoms with Gasteiger partial charge in [0.25, 0.3) is 0 Å². The molecule has 0 amide bonds. The summed E-state index contributed by atoms with van der Waals surface area (Å²) in [7, 11) is -3.72. The first-order valence-electron chi connectivity index (χ1n) is 4.88. The number of primary sulfonamides is 1. The maximum Gasteiger partial charge on any atom is 0.239 e. The molecule has 2 aromatic rings. The quantitative estimate of drug-likeness (QED) is 0.833. The lowest BCUT2D eigenvalue weighted by atomic mass is 10.3. The van der Waals surface area contributed by atoms with E-state index in [4.69, 9.17) is 9.88 Å². The summed E-state index contributed by atoms with van der Waals surface area (Å²) in [4.78, 5) is 3.85. The third-order valence-electron chi connectivity index (χ3n) is 2.09. The summed E-state index contributed by atoms with van der Waals surface area (Å²) in [6.07, 6.45) is 1.17. The molecule has 1 heterocycles. The molecule has 2 N–H and O–H groups in total. The lowest BCUT2D eigenvalue weighted by Gasteiger charge is -2.06. The Kier molecular flexibility index (Phi) is 3.83. The van der Waals surface area contributed by atoms with E-state index in [0.29, 0.717) is 11.6 Å². The van der Waals surface area contributed by atoms with E-state index in [1.807, 2.05) is 18.2 Å². The van der Waals surface area contributed by atoms with Crippen molar-refractivity contribution < 1.29 is 13.2 Å². The van der Waals surface area contributed by atoms with E-state index >= 15 is 0 Å². The highest BCUT2D eigenvalue weighted by molar-refractivity contribution is 14.1. The molecule has 94 valence electrons. The van der Waals surface area contributed by atoms with Crippen LogP contribution in [0.3, 0.4) is 0 Å². The average Bonchev–Trinajstić information content (AvgIpc) is 2.32. The molecule has 0 aliphatic carbocycles. The number of nitrogens with two attached hydrogens (primary N) is 1. The van der Waals surface area contributed by atoms with Crippen molar-refractivity contribution in [2.45, 2.75) is 4.90 Å². The maximum atomic E-state index is 11.1. The van der Waals surface area contributed by atoms with Crippen LogP contribution < -0.4 is 9.88 Å². The average molecular weight is 376 g/mol. The zero-order valence-electron chi connectivity index (χ0n) is 9.08. The van der Waals surface area contributed by atoms with Crippen molar-refractivity contribution >= 4 is 32.6 Å². The van der Waals surface area contributed by atoms with Crippen LogP contribution in [-0.2, 0) is 10.0 Å².